The maximum Gasteiger partial charge on any atom is 0.211 e. The van der Waals surface area contributed by atoms with E-state index in [4.69, 9.17) is 0 Å². The van der Waals surface area contributed by atoms with Crippen molar-refractivity contribution in [3.63, 3.8) is 0 Å². The minimum absolute atomic E-state index is 0.236. The Morgan fingerprint density at radius 2 is 1.76 bits per heavy atom. The quantitative estimate of drug-likeness (QED) is 0.726. The van der Waals surface area contributed by atoms with Crippen LogP contribution < -0.4 is 4.72 Å². The molecule has 0 saturated carbocycles. The number of unbranched alkanes of at least 4 members (excludes halogenated alkanes) is 3. The molecule has 1 rings (SSSR count). The van der Waals surface area contributed by atoms with Crippen LogP contribution >= 0.6 is 0 Å². The summed E-state index contributed by atoms with van der Waals surface area (Å²) in [6.07, 6.45) is 3.96. The lowest BCUT2D eigenvalue weighted by molar-refractivity contribution is 0.574. The normalized spacial score (nSPS) is 11.6. The predicted molar refractivity (Wildman–Crippen MR) is 71.2 cm³/mol. The fourth-order valence-electron chi connectivity index (χ4n) is 1.58. The molecule has 0 fully saturated rings. The number of hydrogen-bond donors (Lipinski definition) is 1. The molecule has 0 aliphatic carbocycles. The summed E-state index contributed by atoms with van der Waals surface area (Å²) in [5.41, 5.74) is 0.990. The van der Waals surface area contributed by atoms with Crippen LogP contribution in [0.4, 0.5) is 0 Å². The Bertz CT molecular complexity index is 401. The highest BCUT2D eigenvalue weighted by Gasteiger charge is 2.08. The largest absolute Gasteiger partial charge is 0.212 e. The lowest BCUT2D eigenvalue weighted by Crippen LogP contribution is -2.25. The first-order valence-corrected chi connectivity index (χ1v) is 7.80. The number of sulfonamides is 1. The summed E-state index contributed by atoms with van der Waals surface area (Å²) in [4.78, 5) is 0. The van der Waals surface area contributed by atoms with Crippen LogP contribution in [0.1, 0.15) is 38.2 Å². The van der Waals surface area contributed by atoms with Gasteiger partial charge in [-0.25, -0.2) is 13.1 Å². The maximum atomic E-state index is 11.7. The van der Waals surface area contributed by atoms with Crippen molar-refractivity contribution in [2.24, 2.45) is 0 Å². The number of nitrogens with one attached hydrogen (secondary N) is 1. The Hall–Kier alpha value is -0.870. The predicted octanol–water partition coefficient (Wildman–Crippen LogP) is 2.69. The van der Waals surface area contributed by atoms with E-state index >= 15 is 0 Å². The molecule has 1 aromatic rings. The van der Waals surface area contributed by atoms with Gasteiger partial charge in [0.15, 0.2) is 0 Å². The third-order valence-corrected chi connectivity index (χ3v) is 4.02. The molecule has 0 spiro atoms. The van der Waals surface area contributed by atoms with Gasteiger partial charge in [0.2, 0.25) is 10.0 Å². The highest BCUT2D eigenvalue weighted by atomic mass is 32.2. The van der Waals surface area contributed by atoms with Gasteiger partial charge < -0.3 is 0 Å². The third-order valence-electron chi connectivity index (χ3n) is 2.61. The van der Waals surface area contributed by atoms with Gasteiger partial charge in [0.05, 0.1) is 5.75 Å². The van der Waals surface area contributed by atoms with E-state index in [1.165, 1.54) is 0 Å². The van der Waals surface area contributed by atoms with Gasteiger partial charge in [0, 0.05) is 6.54 Å². The fraction of sp³-hybridized carbons (Fsp3) is 0.538. The Labute approximate surface area is 104 Å². The third kappa shape index (κ3) is 6.44. The molecular weight excluding hydrogens is 234 g/mol. The molecule has 0 radical (unpaired) electrons. The van der Waals surface area contributed by atoms with E-state index in [1.54, 1.807) is 0 Å². The van der Waals surface area contributed by atoms with E-state index in [9.17, 15) is 8.42 Å². The second-order valence-electron chi connectivity index (χ2n) is 4.19. The summed E-state index contributed by atoms with van der Waals surface area (Å²) in [6.45, 7) is 2.50. The van der Waals surface area contributed by atoms with Crippen LogP contribution in [0.2, 0.25) is 0 Å². The first-order chi connectivity index (χ1) is 8.14. The summed E-state index contributed by atoms with van der Waals surface area (Å²) in [5, 5.41) is 0. The van der Waals surface area contributed by atoms with Crippen LogP contribution in [0.5, 0.6) is 0 Å². The zero-order chi connectivity index (χ0) is 12.6. The van der Waals surface area contributed by atoms with Crippen molar-refractivity contribution in [3.8, 4) is 0 Å². The van der Waals surface area contributed by atoms with Gasteiger partial charge >= 0.3 is 0 Å². The monoisotopic (exact) mass is 255 g/mol. The first-order valence-electron chi connectivity index (χ1n) is 6.15. The molecule has 0 heterocycles. The maximum absolute atomic E-state index is 11.7. The molecule has 0 unspecified atom stereocenters. The Morgan fingerprint density at radius 3 is 2.41 bits per heavy atom. The Kier molecular flexibility index (Phi) is 6.22. The van der Waals surface area contributed by atoms with Crippen molar-refractivity contribution in [2.45, 2.75) is 39.2 Å². The van der Waals surface area contributed by atoms with Crippen molar-refractivity contribution >= 4 is 10.0 Å². The van der Waals surface area contributed by atoms with Crippen LogP contribution in [0.3, 0.4) is 0 Å². The highest BCUT2D eigenvalue weighted by molar-refractivity contribution is 7.89. The minimum Gasteiger partial charge on any atom is -0.212 e. The smallest absolute Gasteiger partial charge is 0.211 e. The van der Waals surface area contributed by atoms with E-state index in [-0.39, 0.29) is 5.75 Å². The zero-order valence-corrected chi connectivity index (χ0v) is 11.2. The lowest BCUT2D eigenvalue weighted by atomic mass is 10.2. The molecule has 96 valence electrons. The number of hydrogen-bond acceptors (Lipinski definition) is 2. The summed E-state index contributed by atoms with van der Waals surface area (Å²) in [5.74, 6) is 0.236. The highest BCUT2D eigenvalue weighted by Crippen LogP contribution is 2.03. The van der Waals surface area contributed by atoms with Crippen LogP contribution in [-0.2, 0) is 16.6 Å². The average Bonchev–Trinajstić information content (AvgIpc) is 2.34. The second-order valence-corrected chi connectivity index (χ2v) is 6.11. The van der Waals surface area contributed by atoms with Crippen LogP contribution in [0.15, 0.2) is 30.3 Å². The lowest BCUT2D eigenvalue weighted by Gasteiger charge is -2.06. The van der Waals surface area contributed by atoms with Gasteiger partial charge in [-0.15, -0.1) is 0 Å². The van der Waals surface area contributed by atoms with E-state index in [0.29, 0.717) is 6.54 Å². The molecule has 3 nitrogen and oxygen atoms in total. The van der Waals surface area contributed by atoms with Gasteiger partial charge in [0.25, 0.3) is 0 Å². The van der Waals surface area contributed by atoms with Crippen molar-refractivity contribution in [1.82, 2.24) is 4.72 Å². The van der Waals surface area contributed by atoms with Gasteiger partial charge in [-0.1, -0.05) is 56.5 Å². The zero-order valence-electron chi connectivity index (χ0n) is 10.4. The molecule has 0 aliphatic rings. The standard InChI is InChI=1S/C13H21NO2S/c1-2-3-4-8-11-17(15,16)14-12-13-9-6-5-7-10-13/h5-7,9-10,14H,2-4,8,11-12H2,1H3. The first kappa shape index (κ1) is 14.2. The van der Waals surface area contributed by atoms with E-state index in [2.05, 4.69) is 11.6 Å². The van der Waals surface area contributed by atoms with Gasteiger partial charge in [-0.2, -0.15) is 0 Å². The molecule has 0 aromatic heterocycles. The molecule has 0 amide bonds. The molecule has 1 N–H and O–H groups in total. The van der Waals surface area contributed by atoms with Crippen LogP contribution in [-0.4, -0.2) is 14.2 Å². The molecule has 17 heavy (non-hydrogen) atoms. The fourth-order valence-corrected chi connectivity index (χ4v) is 2.70. The SMILES string of the molecule is CCCCCCS(=O)(=O)NCc1ccccc1. The summed E-state index contributed by atoms with van der Waals surface area (Å²) in [7, 11) is -3.11. The van der Waals surface area contributed by atoms with Crippen molar-refractivity contribution in [3.05, 3.63) is 35.9 Å². The van der Waals surface area contributed by atoms with Crippen molar-refractivity contribution < 1.29 is 8.42 Å². The van der Waals surface area contributed by atoms with Gasteiger partial charge in [-0.05, 0) is 12.0 Å². The Morgan fingerprint density at radius 1 is 1.06 bits per heavy atom. The molecule has 0 saturated heterocycles. The summed E-state index contributed by atoms with van der Waals surface area (Å²) >= 11 is 0. The van der Waals surface area contributed by atoms with Crippen molar-refractivity contribution in [2.75, 3.05) is 5.75 Å². The summed E-state index contributed by atoms with van der Waals surface area (Å²) < 4.78 is 25.9. The molecular formula is C13H21NO2S. The van der Waals surface area contributed by atoms with Crippen LogP contribution in [0.25, 0.3) is 0 Å². The van der Waals surface area contributed by atoms with E-state index in [1.807, 2.05) is 30.3 Å². The molecule has 0 atom stereocenters. The van der Waals surface area contributed by atoms with E-state index in [0.717, 1.165) is 31.2 Å². The average molecular weight is 255 g/mol. The summed E-state index contributed by atoms with van der Waals surface area (Å²) in [6, 6.07) is 9.57. The van der Waals surface area contributed by atoms with Crippen LogP contribution in [0, 0.1) is 0 Å². The number of rotatable bonds is 8. The Balaban J connectivity index is 2.30. The second kappa shape index (κ2) is 7.45. The molecule has 0 aliphatic heterocycles. The molecule has 1 aromatic carbocycles. The molecule has 4 heteroatoms. The van der Waals surface area contributed by atoms with Gasteiger partial charge in [0.1, 0.15) is 0 Å². The topological polar surface area (TPSA) is 46.2 Å². The number of benzene rings is 1. The molecule has 0 bridgehead atoms. The van der Waals surface area contributed by atoms with Gasteiger partial charge in [-0.3, -0.25) is 0 Å². The van der Waals surface area contributed by atoms with E-state index < -0.39 is 10.0 Å². The minimum atomic E-state index is -3.11. The van der Waals surface area contributed by atoms with Crippen molar-refractivity contribution in [1.29, 1.82) is 0 Å².